The number of carbonyl (C=O) groups is 1. The van der Waals surface area contributed by atoms with Crippen LogP contribution in [0, 0.1) is 0 Å². The normalized spacial score (nSPS) is 15.1. The van der Waals surface area contributed by atoms with Crippen LogP contribution < -0.4 is 5.32 Å². The van der Waals surface area contributed by atoms with Crippen molar-refractivity contribution in [1.29, 1.82) is 0 Å². The van der Waals surface area contributed by atoms with E-state index in [4.69, 9.17) is 0 Å². The highest BCUT2D eigenvalue weighted by atomic mass is 32.2. The summed E-state index contributed by atoms with van der Waals surface area (Å²) in [5.41, 5.74) is 1.88. The van der Waals surface area contributed by atoms with Crippen LogP contribution in [0.25, 0.3) is 10.9 Å². The highest BCUT2D eigenvalue weighted by Crippen LogP contribution is 2.29. The van der Waals surface area contributed by atoms with Crippen molar-refractivity contribution >= 4 is 43.3 Å². The molecule has 0 radical (unpaired) electrons. The number of rotatable bonds is 4. The van der Waals surface area contributed by atoms with Crippen molar-refractivity contribution in [3.63, 3.8) is 0 Å². The van der Waals surface area contributed by atoms with Crippen molar-refractivity contribution < 1.29 is 13.2 Å². The molecule has 0 aliphatic carbocycles. The molecule has 0 saturated carbocycles. The third kappa shape index (κ3) is 3.37. The minimum Gasteiger partial charge on any atom is -0.338 e. The number of para-hydroxylation sites is 1. The molecular formula is C17H18N4O3S2. The van der Waals surface area contributed by atoms with Gasteiger partial charge >= 0.3 is 0 Å². The molecule has 1 N–H and O–H groups in total. The summed E-state index contributed by atoms with van der Waals surface area (Å²) in [5, 5.41) is 4.44. The lowest BCUT2D eigenvalue weighted by molar-refractivity contribution is -0.116. The van der Waals surface area contributed by atoms with Crippen LogP contribution in [-0.2, 0) is 34.3 Å². The molecule has 0 fully saturated rings. The number of fused-ring (bicyclic) bond motifs is 2. The minimum absolute atomic E-state index is 0.155. The van der Waals surface area contributed by atoms with Gasteiger partial charge in [0.05, 0.1) is 11.9 Å². The van der Waals surface area contributed by atoms with E-state index in [1.807, 2.05) is 41.1 Å². The predicted octanol–water partition coefficient (Wildman–Crippen LogP) is 2.05. The van der Waals surface area contributed by atoms with Gasteiger partial charge in [0.1, 0.15) is 6.54 Å². The van der Waals surface area contributed by atoms with Crippen LogP contribution in [0.4, 0.5) is 5.13 Å². The lowest BCUT2D eigenvalue weighted by Crippen LogP contribution is -2.34. The Morgan fingerprint density at radius 1 is 1.31 bits per heavy atom. The van der Waals surface area contributed by atoms with E-state index in [1.165, 1.54) is 21.9 Å². The van der Waals surface area contributed by atoms with Gasteiger partial charge in [-0.3, -0.25) is 4.79 Å². The Kier molecular flexibility index (Phi) is 4.29. The van der Waals surface area contributed by atoms with Gasteiger partial charge in [-0.25, -0.2) is 13.4 Å². The zero-order valence-electron chi connectivity index (χ0n) is 14.2. The number of anilines is 1. The number of nitrogens with zero attached hydrogens (tertiary/aromatic N) is 3. The fourth-order valence-corrected chi connectivity index (χ4v) is 5.01. The van der Waals surface area contributed by atoms with Gasteiger partial charge in [0.2, 0.25) is 15.9 Å². The Balaban J connectivity index is 1.47. The molecule has 7 nitrogen and oxygen atoms in total. The van der Waals surface area contributed by atoms with Crippen LogP contribution in [0.2, 0.25) is 0 Å². The molecule has 136 valence electrons. The van der Waals surface area contributed by atoms with Crippen molar-refractivity contribution in [3.05, 3.63) is 47.1 Å². The van der Waals surface area contributed by atoms with E-state index in [1.54, 1.807) is 0 Å². The van der Waals surface area contributed by atoms with E-state index in [0.29, 0.717) is 24.6 Å². The molecule has 0 saturated heterocycles. The summed E-state index contributed by atoms with van der Waals surface area (Å²) in [6, 6.07) is 9.87. The van der Waals surface area contributed by atoms with Gasteiger partial charge in [-0.2, -0.15) is 4.31 Å². The van der Waals surface area contributed by atoms with Crippen LogP contribution >= 0.6 is 11.3 Å². The summed E-state index contributed by atoms with van der Waals surface area (Å²) < 4.78 is 26.7. The zero-order chi connectivity index (χ0) is 18.3. The van der Waals surface area contributed by atoms with Gasteiger partial charge in [-0.15, -0.1) is 11.3 Å². The Hall–Kier alpha value is -2.23. The molecule has 1 aromatic carbocycles. The fourth-order valence-electron chi connectivity index (χ4n) is 3.10. The average Bonchev–Trinajstić information content (AvgIpc) is 3.17. The summed E-state index contributed by atoms with van der Waals surface area (Å²) in [6.45, 7) is 0.954. The van der Waals surface area contributed by atoms with Gasteiger partial charge in [-0.1, -0.05) is 18.2 Å². The monoisotopic (exact) mass is 390 g/mol. The smallest absolute Gasteiger partial charge is 0.246 e. The Bertz CT molecular complexity index is 1080. The standard InChI is InChI=1S/C17H18N4O3S2/c1-26(23,24)21-9-7-13-15(10-21)25-17(18-13)19-16(22)11-20-8-6-12-4-2-3-5-14(12)20/h2-6,8H,7,9-11H2,1H3,(H,18,19,22). The van der Waals surface area contributed by atoms with E-state index in [0.717, 1.165) is 21.5 Å². The molecule has 3 heterocycles. The first-order valence-electron chi connectivity index (χ1n) is 8.17. The summed E-state index contributed by atoms with van der Waals surface area (Å²) in [4.78, 5) is 17.7. The second-order valence-electron chi connectivity index (χ2n) is 6.29. The molecule has 0 unspecified atom stereocenters. The van der Waals surface area contributed by atoms with Crippen LogP contribution in [-0.4, -0.2) is 41.0 Å². The SMILES string of the molecule is CS(=O)(=O)N1CCc2nc(NC(=O)Cn3ccc4ccccc43)sc2C1. The number of sulfonamides is 1. The molecule has 2 aromatic heterocycles. The highest BCUT2D eigenvalue weighted by molar-refractivity contribution is 7.88. The number of carbonyl (C=O) groups excluding carboxylic acids is 1. The second kappa shape index (κ2) is 6.49. The number of nitrogens with one attached hydrogen (secondary N) is 1. The number of hydrogen-bond donors (Lipinski definition) is 1. The first kappa shape index (κ1) is 17.2. The molecule has 1 aliphatic rings. The van der Waals surface area contributed by atoms with Gasteiger partial charge in [0.25, 0.3) is 0 Å². The second-order valence-corrected chi connectivity index (χ2v) is 9.35. The van der Waals surface area contributed by atoms with Crippen molar-refractivity contribution in [2.24, 2.45) is 0 Å². The summed E-state index contributed by atoms with van der Waals surface area (Å²) in [6.07, 6.45) is 3.67. The number of amides is 1. The summed E-state index contributed by atoms with van der Waals surface area (Å²) >= 11 is 1.34. The topological polar surface area (TPSA) is 84.3 Å². The van der Waals surface area contributed by atoms with Crippen LogP contribution in [0.15, 0.2) is 36.5 Å². The first-order valence-corrected chi connectivity index (χ1v) is 10.8. The maximum Gasteiger partial charge on any atom is 0.246 e. The van der Waals surface area contributed by atoms with E-state index in [2.05, 4.69) is 10.3 Å². The molecular weight excluding hydrogens is 372 g/mol. The number of aromatic nitrogens is 2. The fraction of sp³-hybridized carbons (Fsp3) is 0.294. The van der Waals surface area contributed by atoms with Gasteiger partial charge in [-0.05, 0) is 17.5 Å². The maximum atomic E-state index is 12.4. The van der Waals surface area contributed by atoms with Crippen molar-refractivity contribution in [2.45, 2.75) is 19.5 Å². The van der Waals surface area contributed by atoms with Crippen LogP contribution in [0.3, 0.4) is 0 Å². The van der Waals surface area contributed by atoms with E-state index < -0.39 is 10.0 Å². The van der Waals surface area contributed by atoms with E-state index >= 15 is 0 Å². The Labute approximate surface area is 155 Å². The van der Waals surface area contributed by atoms with Crippen LogP contribution in [0.5, 0.6) is 0 Å². The third-order valence-corrected chi connectivity index (χ3v) is 6.65. The molecule has 0 spiro atoms. The lowest BCUT2D eigenvalue weighted by atomic mass is 10.2. The van der Waals surface area contributed by atoms with Gasteiger partial charge in [0, 0.05) is 36.1 Å². The molecule has 3 aromatic rings. The average molecular weight is 390 g/mol. The molecule has 4 rings (SSSR count). The largest absolute Gasteiger partial charge is 0.338 e. The molecule has 1 aliphatic heterocycles. The molecule has 1 amide bonds. The molecule has 26 heavy (non-hydrogen) atoms. The van der Waals surface area contributed by atoms with Crippen molar-refractivity contribution in [3.8, 4) is 0 Å². The van der Waals surface area contributed by atoms with E-state index in [9.17, 15) is 13.2 Å². The van der Waals surface area contributed by atoms with Crippen LogP contribution in [0.1, 0.15) is 10.6 Å². The Morgan fingerprint density at radius 2 is 2.12 bits per heavy atom. The Morgan fingerprint density at radius 3 is 2.92 bits per heavy atom. The molecule has 0 bridgehead atoms. The first-order chi connectivity index (χ1) is 12.4. The zero-order valence-corrected chi connectivity index (χ0v) is 15.8. The maximum absolute atomic E-state index is 12.4. The number of benzene rings is 1. The molecule has 9 heteroatoms. The summed E-state index contributed by atoms with van der Waals surface area (Å²) in [5.74, 6) is -0.155. The molecule has 0 atom stereocenters. The van der Waals surface area contributed by atoms with E-state index in [-0.39, 0.29) is 12.5 Å². The van der Waals surface area contributed by atoms with Crippen molar-refractivity contribution in [2.75, 3.05) is 18.1 Å². The highest BCUT2D eigenvalue weighted by Gasteiger charge is 2.26. The number of thiazole rings is 1. The number of hydrogen-bond acceptors (Lipinski definition) is 5. The van der Waals surface area contributed by atoms with Gasteiger partial charge < -0.3 is 9.88 Å². The third-order valence-electron chi connectivity index (χ3n) is 4.41. The minimum atomic E-state index is -3.22. The summed E-state index contributed by atoms with van der Waals surface area (Å²) in [7, 11) is -3.22. The van der Waals surface area contributed by atoms with Gasteiger partial charge in [0.15, 0.2) is 5.13 Å². The predicted molar refractivity (Wildman–Crippen MR) is 102 cm³/mol. The quantitative estimate of drug-likeness (QED) is 0.739. The van der Waals surface area contributed by atoms with Crippen molar-refractivity contribution in [1.82, 2.24) is 13.9 Å². The lowest BCUT2D eigenvalue weighted by Gasteiger charge is -2.23.